The maximum Gasteiger partial charge on any atom is 0.234 e. The second kappa shape index (κ2) is 8.96. The average Bonchev–Trinajstić information content (AvgIpc) is 3.20. The maximum absolute atomic E-state index is 12.4. The van der Waals surface area contributed by atoms with Crippen LogP contribution in [-0.2, 0) is 11.2 Å². The quantitative estimate of drug-likeness (QED) is 0.454. The summed E-state index contributed by atoms with van der Waals surface area (Å²) >= 11 is 1.28. The van der Waals surface area contributed by atoms with Gasteiger partial charge in [0.2, 0.25) is 11.1 Å². The number of carbonyl (C=O) groups is 1. The van der Waals surface area contributed by atoms with Crippen LogP contribution in [0, 0.1) is 0 Å². The first-order chi connectivity index (χ1) is 14.7. The number of fused-ring (bicyclic) bond motifs is 1. The molecule has 152 valence electrons. The minimum absolute atomic E-state index is 0.160. The minimum Gasteiger partial charge on any atom is -0.495 e. The van der Waals surface area contributed by atoms with Crippen LogP contribution >= 0.6 is 11.8 Å². The molecule has 0 spiro atoms. The van der Waals surface area contributed by atoms with Crippen LogP contribution < -0.4 is 10.1 Å². The Bertz CT molecular complexity index is 1170. The number of methoxy groups -OCH3 is 1. The van der Waals surface area contributed by atoms with Gasteiger partial charge < -0.3 is 10.1 Å². The zero-order valence-corrected chi connectivity index (χ0v) is 17.5. The number of anilines is 1. The summed E-state index contributed by atoms with van der Waals surface area (Å²) < 4.78 is 6.94. The van der Waals surface area contributed by atoms with Gasteiger partial charge in [-0.2, -0.15) is 9.61 Å². The van der Waals surface area contributed by atoms with Crippen LogP contribution in [0.5, 0.6) is 5.75 Å². The molecule has 2 aromatic heterocycles. The smallest absolute Gasteiger partial charge is 0.234 e. The van der Waals surface area contributed by atoms with Crippen molar-refractivity contribution in [1.82, 2.24) is 19.8 Å². The number of rotatable bonds is 7. The van der Waals surface area contributed by atoms with Crippen molar-refractivity contribution in [3.05, 3.63) is 66.2 Å². The molecule has 4 aromatic rings. The fourth-order valence-corrected chi connectivity index (χ4v) is 3.68. The number of benzene rings is 2. The van der Waals surface area contributed by atoms with E-state index in [1.165, 1.54) is 17.3 Å². The molecule has 0 fully saturated rings. The molecule has 2 aromatic carbocycles. The molecule has 0 unspecified atom stereocenters. The normalized spacial score (nSPS) is 10.9. The third-order valence-electron chi connectivity index (χ3n) is 4.61. The highest BCUT2D eigenvalue weighted by atomic mass is 32.2. The van der Waals surface area contributed by atoms with Crippen molar-refractivity contribution in [2.24, 2.45) is 0 Å². The molecule has 8 heteroatoms. The monoisotopic (exact) mass is 419 g/mol. The van der Waals surface area contributed by atoms with E-state index >= 15 is 0 Å². The molecule has 0 saturated heterocycles. The summed E-state index contributed by atoms with van der Waals surface area (Å²) in [5.41, 5.74) is 4.39. The van der Waals surface area contributed by atoms with Crippen molar-refractivity contribution >= 4 is 29.0 Å². The predicted octanol–water partition coefficient (Wildman–Crippen LogP) is 4.09. The van der Waals surface area contributed by atoms with Gasteiger partial charge >= 0.3 is 0 Å². The van der Waals surface area contributed by atoms with E-state index in [2.05, 4.69) is 51.8 Å². The first-order valence-corrected chi connectivity index (χ1v) is 10.5. The molecule has 0 atom stereocenters. The van der Waals surface area contributed by atoms with Crippen molar-refractivity contribution in [3.8, 4) is 17.0 Å². The Morgan fingerprint density at radius 1 is 1.07 bits per heavy atom. The van der Waals surface area contributed by atoms with E-state index in [0.717, 1.165) is 17.7 Å². The lowest BCUT2D eigenvalue weighted by atomic mass is 10.1. The van der Waals surface area contributed by atoms with Gasteiger partial charge in [-0.15, -0.1) is 10.2 Å². The molecule has 0 bridgehead atoms. The zero-order chi connectivity index (χ0) is 20.9. The van der Waals surface area contributed by atoms with Crippen molar-refractivity contribution in [2.75, 3.05) is 18.2 Å². The summed E-state index contributed by atoms with van der Waals surface area (Å²) in [6, 6.07) is 19.4. The van der Waals surface area contributed by atoms with Crippen LogP contribution in [-0.4, -0.2) is 38.6 Å². The van der Waals surface area contributed by atoms with E-state index in [1.54, 1.807) is 23.8 Å². The molecule has 4 rings (SSSR count). The summed E-state index contributed by atoms with van der Waals surface area (Å²) in [4.78, 5) is 12.4. The van der Waals surface area contributed by atoms with E-state index in [9.17, 15) is 4.79 Å². The highest BCUT2D eigenvalue weighted by Crippen LogP contribution is 2.24. The van der Waals surface area contributed by atoms with E-state index in [-0.39, 0.29) is 11.7 Å². The first kappa shape index (κ1) is 19.9. The molecule has 1 amide bonds. The second-order valence-electron chi connectivity index (χ2n) is 6.56. The fourth-order valence-electron chi connectivity index (χ4n) is 2.99. The lowest BCUT2D eigenvalue weighted by Gasteiger charge is -2.09. The number of hydrogen-bond donors (Lipinski definition) is 1. The largest absolute Gasteiger partial charge is 0.495 e. The molecule has 0 aliphatic heterocycles. The van der Waals surface area contributed by atoms with Crippen LogP contribution in [0.1, 0.15) is 12.5 Å². The fraction of sp³-hybridized carbons (Fsp3) is 0.182. The topological polar surface area (TPSA) is 81.4 Å². The third-order valence-corrected chi connectivity index (χ3v) is 5.52. The Hall–Kier alpha value is -3.39. The lowest BCUT2D eigenvalue weighted by molar-refractivity contribution is -0.113. The number of nitrogens with zero attached hydrogens (tertiary/aromatic N) is 4. The number of aryl methyl sites for hydroxylation is 1. The maximum atomic E-state index is 12.4. The van der Waals surface area contributed by atoms with Crippen LogP contribution in [0.15, 0.2) is 65.8 Å². The van der Waals surface area contributed by atoms with Crippen molar-refractivity contribution < 1.29 is 9.53 Å². The van der Waals surface area contributed by atoms with Gasteiger partial charge in [0.15, 0.2) is 5.65 Å². The Kier molecular flexibility index (Phi) is 5.94. The van der Waals surface area contributed by atoms with Crippen molar-refractivity contribution in [3.63, 3.8) is 0 Å². The molecule has 0 radical (unpaired) electrons. The predicted molar refractivity (Wildman–Crippen MR) is 118 cm³/mol. The number of ether oxygens (including phenoxy) is 1. The Morgan fingerprint density at radius 3 is 2.63 bits per heavy atom. The minimum atomic E-state index is -0.160. The molecular weight excluding hydrogens is 398 g/mol. The SMILES string of the molecule is CCc1ccc(-c2ccc3nnc(SCC(=O)Nc4ccccc4OC)n3n2)cc1. The van der Waals surface area contributed by atoms with Crippen molar-refractivity contribution in [2.45, 2.75) is 18.5 Å². The molecule has 7 nitrogen and oxygen atoms in total. The highest BCUT2D eigenvalue weighted by molar-refractivity contribution is 7.99. The van der Waals surface area contributed by atoms with Gasteiger partial charge in [0.25, 0.3) is 0 Å². The summed E-state index contributed by atoms with van der Waals surface area (Å²) in [6.07, 6.45) is 0.996. The van der Waals surface area contributed by atoms with Gasteiger partial charge in [-0.05, 0) is 36.2 Å². The van der Waals surface area contributed by atoms with E-state index < -0.39 is 0 Å². The molecule has 30 heavy (non-hydrogen) atoms. The van der Waals surface area contributed by atoms with Crippen LogP contribution in [0.2, 0.25) is 0 Å². The summed E-state index contributed by atoms with van der Waals surface area (Å²) in [6.45, 7) is 2.13. The van der Waals surface area contributed by atoms with E-state index in [4.69, 9.17) is 4.74 Å². The molecule has 0 aliphatic rings. The average molecular weight is 420 g/mol. The highest BCUT2D eigenvalue weighted by Gasteiger charge is 2.13. The van der Waals surface area contributed by atoms with E-state index in [0.29, 0.717) is 22.2 Å². The number of para-hydroxylation sites is 2. The number of carbonyl (C=O) groups excluding carboxylic acids is 1. The molecule has 0 aliphatic carbocycles. The third kappa shape index (κ3) is 4.28. The molecule has 0 saturated carbocycles. The molecular formula is C22H21N5O2S. The van der Waals surface area contributed by atoms with Gasteiger partial charge in [0, 0.05) is 5.56 Å². The summed E-state index contributed by atoms with van der Waals surface area (Å²) in [5, 5.41) is 16.4. The van der Waals surface area contributed by atoms with Gasteiger partial charge in [0.05, 0.1) is 24.2 Å². The lowest BCUT2D eigenvalue weighted by Crippen LogP contribution is -2.15. The summed E-state index contributed by atoms with van der Waals surface area (Å²) in [5.74, 6) is 0.632. The van der Waals surface area contributed by atoms with E-state index in [1.807, 2.05) is 24.3 Å². The standard InChI is InChI=1S/C22H21N5O2S/c1-3-15-8-10-16(11-9-15)17-12-13-20-24-25-22(27(20)26-17)30-14-21(28)23-18-6-4-5-7-19(18)29-2/h4-13H,3,14H2,1-2H3,(H,23,28). The molecule has 1 N–H and O–H groups in total. The number of nitrogens with one attached hydrogen (secondary N) is 1. The van der Waals surface area contributed by atoms with Crippen LogP contribution in [0.25, 0.3) is 16.9 Å². The van der Waals surface area contributed by atoms with Crippen LogP contribution in [0.4, 0.5) is 5.69 Å². The number of thioether (sulfide) groups is 1. The van der Waals surface area contributed by atoms with Gasteiger partial charge in [-0.3, -0.25) is 4.79 Å². The van der Waals surface area contributed by atoms with Gasteiger partial charge in [-0.1, -0.05) is 55.1 Å². The van der Waals surface area contributed by atoms with Crippen molar-refractivity contribution in [1.29, 1.82) is 0 Å². The Morgan fingerprint density at radius 2 is 1.87 bits per heavy atom. The Balaban J connectivity index is 1.49. The van der Waals surface area contributed by atoms with Gasteiger partial charge in [-0.25, -0.2) is 0 Å². The number of amides is 1. The number of hydrogen-bond acceptors (Lipinski definition) is 6. The van der Waals surface area contributed by atoms with Gasteiger partial charge in [0.1, 0.15) is 5.75 Å². The summed E-state index contributed by atoms with van der Waals surface area (Å²) in [7, 11) is 1.57. The second-order valence-corrected chi connectivity index (χ2v) is 7.50. The first-order valence-electron chi connectivity index (χ1n) is 9.55. The molecule has 2 heterocycles. The number of aromatic nitrogens is 4. The Labute approximate surface area is 178 Å². The van der Waals surface area contributed by atoms with Crippen LogP contribution in [0.3, 0.4) is 0 Å². The zero-order valence-electron chi connectivity index (χ0n) is 16.7.